The first-order valence-corrected chi connectivity index (χ1v) is 10.6. The molecule has 0 aromatic carbocycles. The third-order valence-corrected chi connectivity index (χ3v) is 9.16. The molecule has 1 heterocycles. The van der Waals surface area contributed by atoms with E-state index in [1.54, 1.807) is 6.08 Å². The predicted molar refractivity (Wildman–Crippen MR) is 88.7 cm³/mol. The minimum Gasteiger partial charge on any atom is -0.441 e. The normalized spacial score (nSPS) is 23.8. The van der Waals surface area contributed by atoms with E-state index < -0.39 is 26.4 Å². The summed E-state index contributed by atoms with van der Waals surface area (Å²) in [4.78, 5) is 25.2. The Morgan fingerprint density at radius 2 is 2.00 bits per heavy atom. The lowest BCUT2D eigenvalue weighted by molar-refractivity contribution is -0.204. The second kappa shape index (κ2) is 6.54. The van der Waals surface area contributed by atoms with Gasteiger partial charge in [0.2, 0.25) is 5.91 Å². The number of amides is 1. The fraction of sp³-hybridized carbons (Fsp3) is 0.750. The highest BCUT2D eigenvalue weighted by atomic mass is 28.4. The molecule has 1 fully saturated rings. The summed E-state index contributed by atoms with van der Waals surface area (Å²) < 4.78 is 11.6. The largest absolute Gasteiger partial charge is 0.441 e. The first-order valence-electron chi connectivity index (χ1n) is 7.69. The van der Waals surface area contributed by atoms with Crippen molar-refractivity contribution >= 4 is 20.2 Å². The van der Waals surface area contributed by atoms with E-state index in [4.69, 9.17) is 9.16 Å². The Kier molecular flexibility index (Phi) is 5.62. The summed E-state index contributed by atoms with van der Waals surface area (Å²) in [6.45, 7) is 18.0. The van der Waals surface area contributed by atoms with Crippen LogP contribution in [-0.2, 0) is 18.8 Å². The molecular weight excluding hydrogens is 298 g/mol. The van der Waals surface area contributed by atoms with E-state index in [9.17, 15) is 9.59 Å². The topological polar surface area (TPSA) is 55.8 Å². The number of ether oxygens (including phenoxy) is 1. The second-order valence-electron chi connectivity index (χ2n) is 7.39. The summed E-state index contributed by atoms with van der Waals surface area (Å²) in [6.07, 6.45) is 0.797. The van der Waals surface area contributed by atoms with E-state index in [2.05, 4.69) is 40.4 Å². The van der Waals surface area contributed by atoms with Crippen LogP contribution in [0.1, 0.15) is 34.6 Å². The van der Waals surface area contributed by atoms with E-state index in [1.807, 2.05) is 6.92 Å². The Labute approximate surface area is 134 Å². The van der Waals surface area contributed by atoms with Gasteiger partial charge in [-0.2, -0.15) is 0 Å². The van der Waals surface area contributed by atoms with Crippen LogP contribution >= 0.6 is 0 Å². The molecule has 22 heavy (non-hydrogen) atoms. The summed E-state index contributed by atoms with van der Waals surface area (Å²) in [6, 6.07) is 0. The SMILES string of the molecule is C=CCN1C(=O)[C@H]([C@@H](C)O[Si](C)(C)C(C)(C)C)[C@H]1OC(C)=O. The van der Waals surface area contributed by atoms with Gasteiger partial charge in [-0.15, -0.1) is 6.58 Å². The van der Waals surface area contributed by atoms with E-state index in [0.29, 0.717) is 6.54 Å². The van der Waals surface area contributed by atoms with Gasteiger partial charge in [-0.3, -0.25) is 9.59 Å². The third-order valence-electron chi connectivity index (χ3n) is 4.59. The van der Waals surface area contributed by atoms with Crippen LogP contribution in [0.4, 0.5) is 0 Å². The van der Waals surface area contributed by atoms with Gasteiger partial charge in [0.15, 0.2) is 14.5 Å². The number of hydrogen-bond donors (Lipinski definition) is 0. The molecule has 1 aliphatic heterocycles. The molecule has 0 radical (unpaired) electrons. The fourth-order valence-corrected chi connectivity index (χ4v) is 3.77. The van der Waals surface area contributed by atoms with Crippen LogP contribution in [-0.4, -0.2) is 44.0 Å². The minimum absolute atomic E-state index is 0.0441. The Morgan fingerprint density at radius 1 is 1.45 bits per heavy atom. The lowest BCUT2D eigenvalue weighted by Gasteiger charge is -2.49. The highest BCUT2D eigenvalue weighted by Crippen LogP contribution is 2.40. The van der Waals surface area contributed by atoms with Gasteiger partial charge in [0.25, 0.3) is 0 Å². The van der Waals surface area contributed by atoms with E-state index in [1.165, 1.54) is 11.8 Å². The molecule has 1 aliphatic rings. The molecule has 0 aliphatic carbocycles. The quantitative estimate of drug-likeness (QED) is 0.326. The first kappa shape index (κ1) is 18.9. The first-order chi connectivity index (χ1) is 9.92. The van der Waals surface area contributed by atoms with E-state index in [-0.39, 0.29) is 17.0 Å². The Balaban J connectivity index is 2.86. The highest BCUT2D eigenvalue weighted by Gasteiger charge is 2.53. The standard InChI is InChI=1S/C16H29NO4Si/c1-9-10-17-14(19)13(15(17)20-12(3)18)11(2)21-22(7,8)16(4,5)6/h9,11,13,15H,1,10H2,2-8H3/t11-,13+,15-/m1/s1. The van der Waals surface area contributed by atoms with Gasteiger partial charge in [-0.1, -0.05) is 26.8 Å². The molecule has 1 rings (SSSR count). The molecule has 0 N–H and O–H groups in total. The van der Waals surface area contributed by atoms with Crippen molar-refractivity contribution in [1.82, 2.24) is 4.90 Å². The summed E-state index contributed by atoms with van der Waals surface area (Å²) in [5.41, 5.74) is 0. The number of hydrogen-bond acceptors (Lipinski definition) is 4. The third kappa shape index (κ3) is 3.79. The molecule has 1 saturated heterocycles. The van der Waals surface area contributed by atoms with E-state index in [0.717, 1.165) is 0 Å². The molecule has 0 aromatic heterocycles. The maximum atomic E-state index is 12.3. The van der Waals surface area contributed by atoms with Crippen LogP contribution < -0.4 is 0 Å². The Morgan fingerprint density at radius 3 is 2.41 bits per heavy atom. The van der Waals surface area contributed by atoms with Crippen molar-refractivity contribution in [3.8, 4) is 0 Å². The van der Waals surface area contributed by atoms with Crippen molar-refractivity contribution in [3.05, 3.63) is 12.7 Å². The molecule has 0 unspecified atom stereocenters. The number of likely N-dealkylation sites (tertiary alicyclic amines) is 1. The van der Waals surface area contributed by atoms with Crippen LogP contribution in [0.25, 0.3) is 0 Å². The summed E-state index contributed by atoms with van der Waals surface area (Å²) >= 11 is 0. The number of β-lactam (4-membered cyclic amide) rings is 1. The van der Waals surface area contributed by atoms with Crippen molar-refractivity contribution in [1.29, 1.82) is 0 Å². The van der Waals surface area contributed by atoms with Gasteiger partial charge in [-0.25, -0.2) is 0 Å². The van der Waals surface area contributed by atoms with Crippen molar-refractivity contribution in [2.24, 2.45) is 5.92 Å². The molecule has 5 nitrogen and oxygen atoms in total. The van der Waals surface area contributed by atoms with Crippen molar-refractivity contribution in [2.75, 3.05) is 6.54 Å². The van der Waals surface area contributed by atoms with Gasteiger partial charge < -0.3 is 14.1 Å². The number of nitrogens with zero attached hydrogens (tertiary/aromatic N) is 1. The smallest absolute Gasteiger partial charge is 0.304 e. The molecule has 0 saturated carbocycles. The van der Waals surface area contributed by atoms with Crippen molar-refractivity contribution in [3.63, 3.8) is 0 Å². The second-order valence-corrected chi connectivity index (χ2v) is 12.1. The molecular formula is C16H29NO4Si. The summed E-state index contributed by atoms with van der Waals surface area (Å²) in [5, 5.41) is 0.0613. The molecule has 1 amide bonds. The van der Waals surface area contributed by atoms with Gasteiger partial charge in [0.05, 0.1) is 6.10 Å². The highest BCUT2D eigenvalue weighted by molar-refractivity contribution is 6.74. The van der Waals surface area contributed by atoms with Crippen molar-refractivity contribution < 1.29 is 18.8 Å². The molecule has 126 valence electrons. The maximum Gasteiger partial charge on any atom is 0.304 e. The lowest BCUT2D eigenvalue weighted by Crippen LogP contribution is -2.66. The van der Waals surface area contributed by atoms with Crippen LogP contribution in [0.2, 0.25) is 18.1 Å². The molecule has 6 heteroatoms. The van der Waals surface area contributed by atoms with Gasteiger partial charge in [0, 0.05) is 13.5 Å². The van der Waals surface area contributed by atoms with Crippen LogP contribution in [0.5, 0.6) is 0 Å². The summed E-state index contributed by atoms with van der Waals surface area (Å²) in [5.74, 6) is -0.869. The van der Waals surface area contributed by atoms with Gasteiger partial charge in [-0.05, 0) is 25.1 Å². The molecule has 3 atom stereocenters. The zero-order valence-electron chi connectivity index (χ0n) is 14.8. The zero-order chi connectivity index (χ0) is 17.3. The Hall–Kier alpha value is -1.14. The van der Waals surface area contributed by atoms with Crippen molar-refractivity contribution in [2.45, 2.75) is 65.1 Å². The minimum atomic E-state index is -1.98. The average Bonchev–Trinajstić information content (AvgIpc) is 2.32. The number of carbonyl (C=O) groups is 2. The number of carbonyl (C=O) groups excluding carboxylic acids is 2. The van der Waals surface area contributed by atoms with Gasteiger partial charge >= 0.3 is 5.97 Å². The molecule has 0 aromatic rings. The van der Waals surface area contributed by atoms with Crippen LogP contribution in [0.3, 0.4) is 0 Å². The lowest BCUT2D eigenvalue weighted by atomic mass is 9.90. The van der Waals surface area contributed by atoms with Crippen LogP contribution in [0, 0.1) is 5.92 Å². The summed E-state index contributed by atoms with van der Waals surface area (Å²) in [7, 11) is -1.98. The number of rotatable bonds is 6. The average molecular weight is 327 g/mol. The van der Waals surface area contributed by atoms with Gasteiger partial charge in [0.1, 0.15) is 5.92 Å². The molecule has 0 bridgehead atoms. The number of esters is 1. The van der Waals surface area contributed by atoms with Crippen LogP contribution in [0.15, 0.2) is 12.7 Å². The fourth-order valence-electron chi connectivity index (χ4n) is 2.34. The zero-order valence-corrected chi connectivity index (χ0v) is 15.8. The predicted octanol–water partition coefficient (Wildman–Crippen LogP) is 2.93. The Bertz CT molecular complexity index is 456. The maximum absolute atomic E-state index is 12.3. The molecule has 0 spiro atoms. The monoisotopic (exact) mass is 327 g/mol. The van der Waals surface area contributed by atoms with E-state index >= 15 is 0 Å².